The molecule has 0 N–H and O–H groups in total. The molecule has 2 heterocycles. The smallest absolute Gasteiger partial charge is 0.285 e. The van der Waals surface area contributed by atoms with Gasteiger partial charge in [-0.25, -0.2) is 0 Å². The summed E-state index contributed by atoms with van der Waals surface area (Å²) in [5.74, 6) is -0.736. The maximum atomic E-state index is 12.2. The van der Waals surface area contributed by atoms with E-state index in [0.717, 1.165) is 5.06 Å². The molecule has 1 aromatic rings. The number of methoxy groups -OCH3 is 1. The third kappa shape index (κ3) is 2.33. The lowest BCUT2D eigenvalue weighted by atomic mass is 9.99. The Hall–Kier alpha value is -1.76. The Morgan fingerprint density at radius 3 is 2.23 bits per heavy atom. The van der Waals surface area contributed by atoms with E-state index < -0.39 is 11.8 Å². The number of carbonyl (C=O) groups is 2. The lowest BCUT2D eigenvalue weighted by molar-refractivity contribution is -0.127. The van der Waals surface area contributed by atoms with Crippen molar-refractivity contribution >= 4 is 11.8 Å². The van der Waals surface area contributed by atoms with E-state index in [1.165, 1.54) is 0 Å². The second-order valence-electron chi connectivity index (χ2n) is 5.69. The Morgan fingerprint density at radius 1 is 1.14 bits per heavy atom. The van der Waals surface area contributed by atoms with E-state index in [9.17, 15) is 9.59 Å². The molecule has 6 nitrogen and oxygen atoms in total. The zero-order chi connectivity index (χ0) is 15.9. The van der Waals surface area contributed by atoms with Gasteiger partial charge in [-0.05, 0) is 19.1 Å². The molecule has 3 rings (SSSR count). The van der Waals surface area contributed by atoms with Crippen LogP contribution < -0.4 is 0 Å². The fraction of sp³-hybridized carbons (Fsp3) is 0.500. The molecule has 22 heavy (non-hydrogen) atoms. The number of benzene rings is 1. The maximum Gasteiger partial charge on any atom is 0.285 e. The highest BCUT2D eigenvalue weighted by Crippen LogP contribution is 2.30. The summed E-state index contributed by atoms with van der Waals surface area (Å²) in [6.45, 7) is 4.08. The first kappa shape index (κ1) is 15.1. The number of ether oxygens (including phenoxy) is 2. The Kier molecular flexibility index (Phi) is 3.99. The van der Waals surface area contributed by atoms with Crippen LogP contribution in [0, 0.1) is 5.92 Å². The molecule has 0 aromatic heterocycles. The van der Waals surface area contributed by atoms with Crippen LogP contribution in [0.1, 0.15) is 34.6 Å². The van der Waals surface area contributed by atoms with Gasteiger partial charge in [-0.15, -0.1) is 5.06 Å². The molecule has 2 amide bonds. The number of carbonyl (C=O) groups excluding carboxylic acids is 2. The largest absolute Gasteiger partial charge is 0.378 e. The number of amides is 2. The van der Waals surface area contributed by atoms with Crippen LogP contribution in [0.25, 0.3) is 0 Å². The summed E-state index contributed by atoms with van der Waals surface area (Å²) in [4.78, 5) is 29.8. The van der Waals surface area contributed by atoms with Crippen molar-refractivity contribution in [3.8, 4) is 0 Å². The fourth-order valence-corrected chi connectivity index (χ4v) is 3.15. The van der Waals surface area contributed by atoms with E-state index in [-0.39, 0.29) is 30.8 Å². The first-order valence-electron chi connectivity index (χ1n) is 7.33. The molecule has 4 atom stereocenters. The summed E-state index contributed by atoms with van der Waals surface area (Å²) in [5, 5.41) is 0.825. The van der Waals surface area contributed by atoms with E-state index in [0.29, 0.717) is 11.1 Å². The molecule has 1 saturated heterocycles. The van der Waals surface area contributed by atoms with Crippen molar-refractivity contribution < 1.29 is 23.9 Å². The zero-order valence-electron chi connectivity index (χ0n) is 12.8. The Labute approximate surface area is 128 Å². The van der Waals surface area contributed by atoms with Crippen LogP contribution in [0.5, 0.6) is 0 Å². The van der Waals surface area contributed by atoms with Crippen molar-refractivity contribution in [2.75, 3.05) is 13.7 Å². The highest BCUT2D eigenvalue weighted by molar-refractivity contribution is 6.20. The quantitative estimate of drug-likeness (QED) is 0.791. The number of hydrogen-bond acceptors (Lipinski definition) is 5. The first-order valence-corrected chi connectivity index (χ1v) is 7.33. The van der Waals surface area contributed by atoms with Gasteiger partial charge in [-0.1, -0.05) is 19.1 Å². The molecule has 0 bridgehead atoms. The Morgan fingerprint density at radius 2 is 1.73 bits per heavy atom. The second kappa shape index (κ2) is 5.79. The van der Waals surface area contributed by atoms with E-state index in [1.54, 1.807) is 31.4 Å². The highest BCUT2D eigenvalue weighted by atomic mass is 16.7. The van der Waals surface area contributed by atoms with Gasteiger partial charge < -0.3 is 9.47 Å². The predicted molar refractivity (Wildman–Crippen MR) is 77.2 cm³/mol. The summed E-state index contributed by atoms with van der Waals surface area (Å²) >= 11 is 0. The minimum atomic E-state index is -0.428. The van der Waals surface area contributed by atoms with Gasteiger partial charge in [-0.2, -0.15) is 0 Å². The fourth-order valence-electron chi connectivity index (χ4n) is 3.15. The van der Waals surface area contributed by atoms with Crippen LogP contribution in [0.15, 0.2) is 24.3 Å². The van der Waals surface area contributed by atoms with Crippen LogP contribution in [0.4, 0.5) is 0 Å². The average molecular weight is 305 g/mol. The molecular weight excluding hydrogens is 286 g/mol. The second-order valence-corrected chi connectivity index (χ2v) is 5.69. The summed E-state index contributed by atoms with van der Waals surface area (Å²) in [7, 11) is 1.65. The summed E-state index contributed by atoms with van der Waals surface area (Å²) in [5.41, 5.74) is 0.743. The summed E-state index contributed by atoms with van der Waals surface area (Å²) in [6.07, 6.45) is -0.282. The number of hydrogen-bond donors (Lipinski definition) is 0. The van der Waals surface area contributed by atoms with Crippen molar-refractivity contribution in [1.82, 2.24) is 5.06 Å². The topological polar surface area (TPSA) is 65.1 Å². The lowest BCUT2D eigenvalue weighted by Crippen LogP contribution is -2.35. The minimum absolute atomic E-state index is 0.0178. The van der Waals surface area contributed by atoms with Crippen LogP contribution in [-0.4, -0.2) is 48.9 Å². The zero-order valence-corrected chi connectivity index (χ0v) is 12.8. The van der Waals surface area contributed by atoms with E-state index in [4.69, 9.17) is 14.3 Å². The van der Waals surface area contributed by atoms with Gasteiger partial charge in [-0.3, -0.25) is 14.4 Å². The van der Waals surface area contributed by atoms with Gasteiger partial charge in [0.25, 0.3) is 11.8 Å². The highest BCUT2D eigenvalue weighted by Gasteiger charge is 2.42. The molecule has 6 heteroatoms. The van der Waals surface area contributed by atoms with Gasteiger partial charge in [0, 0.05) is 13.0 Å². The third-order valence-corrected chi connectivity index (χ3v) is 4.35. The Bertz CT molecular complexity index is 567. The number of rotatable bonds is 4. The molecule has 0 radical (unpaired) electrons. The standard InChI is InChI=1S/C16H19NO5/c1-9-13(22-10(2)14(9)20-3)8-21-17-15(18)11-6-4-5-7-12(11)16(17)19/h4-7,9-10,13-14H,8H2,1-3H3/t9?,10-,13+,14-/m0/s1. The molecule has 118 valence electrons. The van der Waals surface area contributed by atoms with Crippen LogP contribution in [0.2, 0.25) is 0 Å². The van der Waals surface area contributed by atoms with Gasteiger partial charge in [0.15, 0.2) is 0 Å². The molecule has 1 fully saturated rings. The molecule has 1 aromatic carbocycles. The average Bonchev–Trinajstić information content (AvgIpc) is 2.93. The summed E-state index contributed by atoms with van der Waals surface area (Å²) in [6, 6.07) is 6.69. The van der Waals surface area contributed by atoms with Crippen LogP contribution in [-0.2, 0) is 14.3 Å². The number of fused-ring (bicyclic) bond motifs is 1. The maximum absolute atomic E-state index is 12.2. The van der Waals surface area contributed by atoms with Crippen molar-refractivity contribution in [1.29, 1.82) is 0 Å². The number of hydroxylamine groups is 2. The van der Waals surface area contributed by atoms with Crippen LogP contribution >= 0.6 is 0 Å². The van der Waals surface area contributed by atoms with E-state index >= 15 is 0 Å². The van der Waals surface area contributed by atoms with E-state index in [1.807, 2.05) is 13.8 Å². The number of imide groups is 1. The Balaban J connectivity index is 1.66. The number of nitrogens with zero attached hydrogens (tertiary/aromatic N) is 1. The molecule has 2 aliphatic heterocycles. The molecular formula is C16H19NO5. The molecule has 2 aliphatic rings. The van der Waals surface area contributed by atoms with Crippen molar-refractivity contribution in [3.63, 3.8) is 0 Å². The van der Waals surface area contributed by atoms with Gasteiger partial charge in [0.1, 0.15) is 6.61 Å². The molecule has 0 spiro atoms. The van der Waals surface area contributed by atoms with E-state index in [2.05, 4.69) is 0 Å². The lowest BCUT2D eigenvalue weighted by Gasteiger charge is -2.20. The van der Waals surface area contributed by atoms with Crippen molar-refractivity contribution in [2.24, 2.45) is 5.92 Å². The van der Waals surface area contributed by atoms with Crippen molar-refractivity contribution in [3.05, 3.63) is 35.4 Å². The predicted octanol–water partition coefficient (Wildman–Crippen LogP) is 1.65. The van der Waals surface area contributed by atoms with Gasteiger partial charge >= 0.3 is 0 Å². The molecule has 0 saturated carbocycles. The third-order valence-electron chi connectivity index (χ3n) is 4.35. The molecule has 1 unspecified atom stereocenters. The first-order chi connectivity index (χ1) is 10.5. The van der Waals surface area contributed by atoms with Crippen LogP contribution in [0.3, 0.4) is 0 Å². The minimum Gasteiger partial charge on any atom is -0.378 e. The van der Waals surface area contributed by atoms with Gasteiger partial charge in [0.05, 0.1) is 29.4 Å². The summed E-state index contributed by atoms with van der Waals surface area (Å²) < 4.78 is 11.2. The normalized spacial score (nSPS) is 31.0. The van der Waals surface area contributed by atoms with Gasteiger partial charge in [0.2, 0.25) is 0 Å². The SMILES string of the molecule is CO[C@H]1C(C)[C@@H](CON2C(=O)c3ccccc3C2=O)O[C@H]1C. The monoisotopic (exact) mass is 305 g/mol. The van der Waals surface area contributed by atoms with Crippen molar-refractivity contribution in [2.45, 2.75) is 32.2 Å². The molecule has 0 aliphatic carbocycles.